The van der Waals surface area contributed by atoms with Crippen LogP contribution in [0.2, 0.25) is 0 Å². The molecule has 0 spiro atoms. The molecule has 0 radical (unpaired) electrons. The Kier molecular flexibility index (Phi) is 5.05. The molecular weight excluding hydrogens is 194 g/mol. The summed E-state index contributed by atoms with van der Waals surface area (Å²) in [5, 5.41) is 9.80. The summed E-state index contributed by atoms with van der Waals surface area (Å²) in [4.78, 5) is 10.8. The highest BCUT2D eigenvalue weighted by Crippen LogP contribution is 2.24. The van der Waals surface area contributed by atoms with Gasteiger partial charge in [0, 0.05) is 0 Å². The van der Waals surface area contributed by atoms with Gasteiger partial charge in [0.25, 0.3) is 0 Å². The van der Waals surface area contributed by atoms with Gasteiger partial charge in [-0.2, -0.15) is 0 Å². The fourth-order valence-electron chi connectivity index (χ4n) is 1.94. The first-order chi connectivity index (χ1) is 7.15. The zero-order valence-corrected chi connectivity index (χ0v) is 9.32. The number of unbranched alkanes of at least 4 members (excludes halogenated alkanes) is 2. The third-order valence-corrected chi connectivity index (χ3v) is 2.90. The molecule has 88 valence electrons. The third-order valence-electron chi connectivity index (χ3n) is 2.90. The van der Waals surface area contributed by atoms with Gasteiger partial charge in [0.15, 0.2) is 0 Å². The van der Waals surface area contributed by atoms with Crippen LogP contribution in [-0.4, -0.2) is 29.3 Å². The molecule has 0 saturated carbocycles. The zero-order valence-electron chi connectivity index (χ0n) is 9.32. The summed E-state index contributed by atoms with van der Waals surface area (Å²) in [6.45, 7) is 2.13. The second-order valence-electron chi connectivity index (χ2n) is 4.21. The van der Waals surface area contributed by atoms with E-state index in [1.807, 2.05) is 0 Å². The van der Waals surface area contributed by atoms with Crippen LogP contribution < -0.4 is 5.73 Å². The van der Waals surface area contributed by atoms with Gasteiger partial charge in [-0.05, 0) is 19.3 Å². The highest BCUT2D eigenvalue weighted by atomic mass is 16.5. The van der Waals surface area contributed by atoms with Crippen LogP contribution in [0.3, 0.4) is 0 Å². The minimum atomic E-state index is -0.490. The molecule has 3 atom stereocenters. The van der Waals surface area contributed by atoms with E-state index in [0.717, 1.165) is 32.1 Å². The molecule has 1 saturated heterocycles. The number of hydrogen-bond acceptors (Lipinski definition) is 3. The predicted octanol–water partition coefficient (Wildman–Crippen LogP) is 0.960. The number of amides is 1. The minimum Gasteiger partial charge on any atom is -0.390 e. The summed E-state index contributed by atoms with van der Waals surface area (Å²) >= 11 is 0. The second kappa shape index (κ2) is 6.08. The summed E-state index contributed by atoms with van der Waals surface area (Å²) in [7, 11) is 0. The van der Waals surface area contributed by atoms with Gasteiger partial charge >= 0.3 is 0 Å². The van der Waals surface area contributed by atoms with E-state index < -0.39 is 18.1 Å². The maximum absolute atomic E-state index is 10.8. The van der Waals surface area contributed by atoms with Gasteiger partial charge in [-0.15, -0.1) is 0 Å². The molecule has 0 aromatic rings. The molecule has 0 aromatic carbocycles. The van der Waals surface area contributed by atoms with Crippen LogP contribution >= 0.6 is 0 Å². The third kappa shape index (κ3) is 3.80. The first-order valence-electron chi connectivity index (χ1n) is 5.78. The van der Waals surface area contributed by atoms with Gasteiger partial charge in [-0.25, -0.2) is 0 Å². The van der Waals surface area contributed by atoms with Crippen LogP contribution in [0.1, 0.15) is 45.4 Å². The van der Waals surface area contributed by atoms with Crippen molar-refractivity contribution in [2.24, 2.45) is 5.73 Å². The highest BCUT2D eigenvalue weighted by Gasteiger charge is 2.33. The number of carbonyl (C=O) groups excluding carboxylic acids is 1. The normalized spacial score (nSPS) is 27.9. The highest BCUT2D eigenvalue weighted by molar-refractivity contribution is 5.79. The van der Waals surface area contributed by atoms with Crippen molar-refractivity contribution >= 4 is 5.91 Å². The van der Waals surface area contributed by atoms with Gasteiger partial charge in [0.1, 0.15) is 6.10 Å². The van der Waals surface area contributed by atoms with Crippen molar-refractivity contribution in [1.82, 2.24) is 0 Å². The monoisotopic (exact) mass is 215 g/mol. The van der Waals surface area contributed by atoms with Crippen molar-refractivity contribution < 1.29 is 14.6 Å². The Labute approximate surface area is 90.8 Å². The second-order valence-corrected chi connectivity index (χ2v) is 4.21. The number of aliphatic hydroxyl groups is 1. The molecule has 1 heterocycles. The SMILES string of the molecule is CCCCC[C@H](O)[C@@H]1CC[C@H](C(N)=O)O1. The Hall–Kier alpha value is -0.610. The van der Waals surface area contributed by atoms with Crippen LogP contribution in [-0.2, 0) is 9.53 Å². The van der Waals surface area contributed by atoms with E-state index in [0.29, 0.717) is 6.42 Å². The molecule has 1 rings (SSSR count). The van der Waals surface area contributed by atoms with E-state index in [2.05, 4.69) is 6.92 Å². The maximum Gasteiger partial charge on any atom is 0.246 e. The van der Waals surface area contributed by atoms with Crippen LogP contribution in [0.15, 0.2) is 0 Å². The van der Waals surface area contributed by atoms with E-state index >= 15 is 0 Å². The first kappa shape index (κ1) is 12.5. The number of ether oxygens (including phenoxy) is 1. The molecular formula is C11H21NO3. The first-order valence-corrected chi connectivity index (χ1v) is 5.78. The lowest BCUT2D eigenvalue weighted by Gasteiger charge is -2.18. The summed E-state index contributed by atoms with van der Waals surface area (Å²) in [6.07, 6.45) is 4.29. The van der Waals surface area contributed by atoms with Gasteiger partial charge < -0.3 is 15.6 Å². The fourth-order valence-corrected chi connectivity index (χ4v) is 1.94. The molecule has 0 aromatic heterocycles. The Morgan fingerprint density at radius 1 is 1.53 bits per heavy atom. The Morgan fingerprint density at radius 2 is 2.27 bits per heavy atom. The summed E-state index contributed by atoms with van der Waals surface area (Å²) in [5.74, 6) is -0.418. The maximum atomic E-state index is 10.8. The number of primary amides is 1. The summed E-state index contributed by atoms with van der Waals surface area (Å²) in [6, 6.07) is 0. The van der Waals surface area contributed by atoms with Crippen LogP contribution in [0.4, 0.5) is 0 Å². The molecule has 3 N–H and O–H groups in total. The number of nitrogens with two attached hydrogens (primary N) is 1. The molecule has 1 aliphatic heterocycles. The van der Waals surface area contributed by atoms with E-state index in [-0.39, 0.29) is 6.10 Å². The Balaban J connectivity index is 2.24. The summed E-state index contributed by atoms with van der Waals surface area (Å²) in [5.41, 5.74) is 5.14. The van der Waals surface area contributed by atoms with Gasteiger partial charge in [0.2, 0.25) is 5.91 Å². The van der Waals surface area contributed by atoms with Crippen LogP contribution in [0.5, 0.6) is 0 Å². The zero-order chi connectivity index (χ0) is 11.3. The number of hydrogen-bond donors (Lipinski definition) is 2. The van der Waals surface area contributed by atoms with Crippen molar-refractivity contribution in [3.05, 3.63) is 0 Å². The van der Waals surface area contributed by atoms with Crippen molar-refractivity contribution in [3.8, 4) is 0 Å². The molecule has 1 aliphatic rings. The van der Waals surface area contributed by atoms with Crippen molar-refractivity contribution in [1.29, 1.82) is 0 Å². The molecule has 0 bridgehead atoms. The molecule has 1 amide bonds. The van der Waals surface area contributed by atoms with Gasteiger partial charge in [-0.3, -0.25) is 4.79 Å². The lowest BCUT2D eigenvalue weighted by Crippen LogP contribution is -2.32. The number of carbonyl (C=O) groups is 1. The van der Waals surface area contributed by atoms with Crippen LogP contribution in [0, 0.1) is 0 Å². The quantitative estimate of drug-likeness (QED) is 0.648. The van der Waals surface area contributed by atoms with Crippen molar-refractivity contribution in [2.75, 3.05) is 0 Å². The van der Waals surface area contributed by atoms with Crippen molar-refractivity contribution in [2.45, 2.75) is 63.8 Å². The van der Waals surface area contributed by atoms with Crippen molar-refractivity contribution in [3.63, 3.8) is 0 Å². The smallest absolute Gasteiger partial charge is 0.246 e. The lowest BCUT2D eigenvalue weighted by molar-refractivity contribution is -0.131. The largest absolute Gasteiger partial charge is 0.390 e. The molecule has 0 aliphatic carbocycles. The van der Waals surface area contributed by atoms with E-state index in [4.69, 9.17) is 10.5 Å². The summed E-state index contributed by atoms with van der Waals surface area (Å²) < 4.78 is 5.39. The van der Waals surface area contributed by atoms with Gasteiger partial charge in [-0.1, -0.05) is 26.2 Å². The van der Waals surface area contributed by atoms with Gasteiger partial charge in [0.05, 0.1) is 12.2 Å². The molecule has 15 heavy (non-hydrogen) atoms. The molecule has 0 unspecified atom stereocenters. The number of rotatable bonds is 6. The Bertz CT molecular complexity index is 208. The van der Waals surface area contributed by atoms with E-state index in [1.54, 1.807) is 0 Å². The average molecular weight is 215 g/mol. The fraction of sp³-hybridized carbons (Fsp3) is 0.909. The molecule has 4 heteroatoms. The number of aliphatic hydroxyl groups excluding tert-OH is 1. The average Bonchev–Trinajstić information content (AvgIpc) is 2.66. The molecule has 1 fully saturated rings. The van der Waals surface area contributed by atoms with Crippen LogP contribution in [0.25, 0.3) is 0 Å². The molecule has 4 nitrogen and oxygen atoms in total. The Morgan fingerprint density at radius 3 is 2.80 bits per heavy atom. The lowest BCUT2D eigenvalue weighted by atomic mass is 10.0. The predicted molar refractivity (Wildman–Crippen MR) is 57.2 cm³/mol. The van der Waals surface area contributed by atoms with E-state index in [9.17, 15) is 9.90 Å². The minimum absolute atomic E-state index is 0.195. The topological polar surface area (TPSA) is 72.5 Å². The standard InChI is InChI=1S/C11H21NO3/c1-2-3-4-5-8(13)9-6-7-10(15-9)11(12)14/h8-10,13H,2-7H2,1H3,(H2,12,14)/t8-,9-,10+/m0/s1. The van der Waals surface area contributed by atoms with E-state index in [1.165, 1.54) is 0 Å².